The summed E-state index contributed by atoms with van der Waals surface area (Å²) in [6.45, 7) is 3.81. The third kappa shape index (κ3) is 7.11. The highest BCUT2D eigenvalue weighted by atomic mass is 35.5. The number of rotatable bonds is 14. The van der Waals surface area contributed by atoms with Crippen molar-refractivity contribution in [3.63, 3.8) is 0 Å². The van der Waals surface area contributed by atoms with Crippen LogP contribution in [-0.2, 0) is 4.79 Å². The van der Waals surface area contributed by atoms with Crippen LogP contribution >= 0.6 is 11.6 Å². The molecule has 3 N–H and O–H groups in total. The second kappa shape index (κ2) is 12.1. The zero-order valence-electron chi connectivity index (χ0n) is 17.6. The van der Waals surface area contributed by atoms with Gasteiger partial charge in [-0.1, -0.05) is 43.9 Å². The smallest absolute Gasteiger partial charge is 0.303 e. The number of aliphatic hydroxyl groups excluding tert-OH is 2. The van der Waals surface area contributed by atoms with E-state index in [0.717, 1.165) is 57.8 Å². The Morgan fingerprint density at radius 1 is 1.24 bits per heavy atom. The number of alkyl halides is 1. The first-order chi connectivity index (χ1) is 13.9. The zero-order valence-corrected chi connectivity index (χ0v) is 18.4. The Morgan fingerprint density at radius 2 is 1.97 bits per heavy atom. The van der Waals surface area contributed by atoms with Crippen LogP contribution in [0.3, 0.4) is 0 Å². The number of unbranched alkanes of at least 4 members (excludes halogenated alkanes) is 3. The van der Waals surface area contributed by atoms with Crippen molar-refractivity contribution in [2.24, 2.45) is 17.3 Å². The van der Waals surface area contributed by atoms with Crippen LogP contribution in [0.1, 0.15) is 83.5 Å². The second-order valence-corrected chi connectivity index (χ2v) is 9.69. The van der Waals surface area contributed by atoms with Gasteiger partial charge in [-0.15, -0.1) is 18.2 Å². The summed E-state index contributed by atoms with van der Waals surface area (Å²) in [5, 5.41) is 29.9. The molecule has 166 valence electrons. The summed E-state index contributed by atoms with van der Waals surface area (Å²) in [6, 6.07) is 0. The van der Waals surface area contributed by atoms with E-state index in [9.17, 15) is 15.0 Å². The van der Waals surface area contributed by atoms with Crippen molar-refractivity contribution in [2.75, 3.05) is 0 Å². The maximum atomic E-state index is 10.8. The molecule has 1 unspecified atom stereocenters. The van der Waals surface area contributed by atoms with E-state index in [4.69, 9.17) is 16.7 Å². The molecule has 0 spiro atoms. The maximum absolute atomic E-state index is 10.8. The molecular weight excluding hydrogens is 388 g/mol. The summed E-state index contributed by atoms with van der Waals surface area (Å²) in [5.74, 6) is -0.433. The van der Waals surface area contributed by atoms with Gasteiger partial charge in [-0.05, 0) is 62.7 Å². The van der Waals surface area contributed by atoms with Gasteiger partial charge in [-0.3, -0.25) is 4.79 Å². The van der Waals surface area contributed by atoms with Crippen molar-refractivity contribution in [3.05, 3.63) is 24.8 Å². The van der Waals surface area contributed by atoms with Gasteiger partial charge in [0.15, 0.2) is 0 Å². The number of aliphatic carboxylic acids is 1. The lowest BCUT2D eigenvalue weighted by atomic mass is 9.62. The van der Waals surface area contributed by atoms with Crippen LogP contribution in [0.25, 0.3) is 0 Å². The molecule has 0 heterocycles. The molecule has 0 bridgehead atoms. The molecule has 0 saturated heterocycles. The molecule has 0 amide bonds. The number of hydrogen-bond donors (Lipinski definition) is 3. The maximum Gasteiger partial charge on any atom is 0.303 e. The quantitative estimate of drug-likeness (QED) is 0.196. The van der Waals surface area contributed by atoms with Gasteiger partial charge in [0.05, 0.1) is 12.2 Å². The predicted octanol–water partition coefficient (Wildman–Crippen LogP) is 5.46. The topological polar surface area (TPSA) is 77.8 Å². The van der Waals surface area contributed by atoms with Crippen LogP contribution in [0, 0.1) is 17.3 Å². The Hall–Kier alpha value is -0.840. The van der Waals surface area contributed by atoms with E-state index in [1.165, 1.54) is 6.42 Å². The lowest BCUT2D eigenvalue weighted by molar-refractivity contribution is -0.137. The molecule has 2 fully saturated rings. The number of carbonyl (C=O) groups is 1. The first-order valence-corrected chi connectivity index (χ1v) is 11.8. The highest BCUT2D eigenvalue weighted by Gasteiger charge is 2.42. The summed E-state index contributed by atoms with van der Waals surface area (Å²) in [5.41, 5.74) is 0.0528. The molecule has 0 aromatic carbocycles. The fraction of sp³-hybridized carbons (Fsp3) is 0.792. The van der Waals surface area contributed by atoms with Crippen molar-refractivity contribution in [1.29, 1.82) is 0 Å². The fourth-order valence-corrected chi connectivity index (χ4v) is 5.60. The molecule has 2 rings (SSSR count). The third-order valence-corrected chi connectivity index (χ3v) is 7.67. The molecule has 5 heteroatoms. The first-order valence-electron chi connectivity index (χ1n) is 11.4. The van der Waals surface area contributed by atoms with Crippen LogP contribution in [0.4, 0.5) is 0 Å². The molecule has 29 heavy (non-hydrogen) atoms. The van der Waals surface area contributed by atoms with Crippen molar-refractivity contribution in [3.8, 4) is 0 Å². The summed E-state index contributed by atoms with van der Waals surface area (Å²) in [7, 11) is 0. The lowest BCUT2D eigenvalue weighted by Crippen LogP contribution is -2.41. The van der Waals surface area contributed by atoms with Crippen LogP contribution in [-0.4, -0.2) is 38.9 Å². The molecular formula is C24H39ClO4. The van der Waals surface area contributed by atoms with Gasteiger partial charge in [-0.2, -0.15) is 0 Å². The number of halogens is 1. The minimum Gasteiger partial charge on any atom is -0.481 e. The molecule has 0 aromatic heterocycles. The average molecular weight is 427 g/mol. The number of hydrogen-bond acceptors (Lipinski definition) is 3. The summed E-state index contributed by atoms with van der Waals surface area (Å²) in [6.07, 6.45) is 16.8. The Bertz CT molecular complexity index is 543. The number of aliphatic hydroxyl groups is 2. The molecule has 5 atom stereocenters. The monoisotopic (exact) mass is 426 g/mol. The van der Waals surface area contributed by atoms with E-state index in [-0.39, 0.29) is 35.2 Å². The van der Waals surface area contributed by atoms with E-state index in [0.29, 0.717) is 12.8 Å². The molecule has 0 aromatic rings. The summed E-state index contributed by atoms with van der Waals surface area (Å²) < 4.78 is 0. The highest BCUT2D eigenvalue weighted by Crippen LogP contribution is 2.49. The first kappa shape index (κ1) is 24.4. The van der Waals surface area contributed by atoms with Gasteiger partial charge < -0.3 is 15.3 Å². The average Bonchev–Trinajstić information content (AvgIpc) is 2.90. The van der Waals surface area contributed by atoms with Crippen molar-refractivity contribution >= 4 is 17.6 Å². The van der Waals surface area contributed by atoms with E-state index in [1.807, 2.05) is 6.08 Å². The number of carboxylic acids is 1. The van der Waals surface area contributed by atoms with Gasteiger partial charge >= 0.3 is 5.97 Å². The van der Waals surface area contributed by atoms with Crippen molar-refractivity contribution in [1.82, 2.24) is 0 Å². The Morgan fingerprint density at radius 3 is 2.59 bits per heavy atom. The van der Waals surface area contributed by atoms with E-state index < -0.39 is 12.1 Å². The Kier molecular flexibility index (Phi) is 10.2. The lowest BCUT2D eigenvalue weighted by Gasteiger charge is -2.45. The standard InChI is InChI=1S/C24H39ClO4/c1-2-3-14-24(15-9-16-24)22(27)12-8-11-19-18(20(25)17-21(19)26)10-6-4-5-7-13-23(28)29/h2,8,11,18-22,26-27H,1,3-7,9-10,12-17H2,(H,28,29)/b11-8+/t18-,19-,20-,21-,22?/m1/s1. The molecule has 2 aliphatic rings. The number of carboxylic acid groups (broad SMARTS) is 1. The molecule has 0 aliphatic heterocycles. The van der Waals surface area contributed by atoms with Gasteiger partial charge in [0, 0.05) is 17.7 Å². The summed E-state index contributed by atoms with van der Waals surface area (Å²) in [4.78, 5) is 10.6. The van der Waals surface area contributed by atoms with Crippen LogP contribution in [0.5, 0.6) is 0 Å². The zero-order chi connectivity index (χ0) is 21.3. The van der Waals surface area contributed by atoms with E-state index >= 15 is 0 Å². The molecule has 0 radical (unpaired) electrons. The normalized spacial score (nSPS) is 29.6. The number of allylic oxidation sites excluding steroid dienone is 1. The molecule has 2 saturated carbocycles. The van der Waals surface area contributed by atoms with Gasteiger partial charge in [0.1, 0.15) is 0 Å². The second-order valence-electron chi connectivity index (χ2n) is 9.13. The van der Waals surface area contributed by atoms with Crippen LogP contribution in [0.15, 0.2) is 24.8 Å². The summed E-state index contributed by atoms with van der Waals surface area (Å²) >= 11 is 6.52. The molecule has 4 nitrogen and oxygen atoms in total. The van der Waals surface area contributed by atoms with E-state index in [2.05, 4.69) is 18.7 Å². The van der Waals surface area contributed by atoms with Gasteiger partial charge in [0.25, 0.3) is 0 Å². The predicted molar refractivity (Wildman–Crippen MR) is 118 cm³/mol. The Balaban J connectivity index is 1.80. The fourth-order valence-electron chi connectivity index (χ4n) is 5.13. The minimum absolute atomic E-state index is 0.0193. The van der Waals surface area contributed by atoms with Crippen molar-refractivity contribution < 1.29 is 20.1 Å². The van der Waals surface area contributed by atoms with Gasteiger partial charge in [-0.25, -0.2) is 0 Å². The van der Waals surface area contributed by atoms with Crippen LogP contribution in [0.2, 0.25) is 0 Å². The highest BCUT2D eigenvalue weighted by molar-refractivity contribution is 6.21. The van der Waals surface area contributed by atoms with Gasteiger partial charge in [0.2, 0.25) is 0 Å². The Labute approximate surface area is 181 Å². The largest absolute Gasteiger partial charge is 0.481 e. The van der Waals surface area contributed by atoms with Crippen LogP contribution < -0.4 is 0 Å². The SMILES string of the molecule is C=CCCC1(C(O)C/C=C/[C@@H]2[C@@H](CCCCCCC(=O)O)[C@H](Cl)C[C@H]2O)CCC1. The minimum atomic E-state index is -0.731. The van der Waals surface area contributed by atoms with E-state index in [1.54, 1.807) is 0 Å². The third-order valence-electron chi connectivity index (χ3n) is 7.17. The molecule has 2 aliphatic carbocycles. The van der Waals surface area contributed by atoms with Crippen molar-refractivity contribution in [2.45, 2.75) is 101 Å².